The molecule has 0 radical (unpaired) electrons. The van der Waals surface area contributed by atoms with Gasteiger partial charge in [0.25, 0.3) is 10.0 Å². The van der Waals surface area contributed by atoms with E-state index in [0.717, 1.165) is 21.9 Å². The van der Waals surface area contributed by atoms with Gasteiger partial charge in [-0.2, -0.15) is 0 Å². The molecular formula is C30H36ClN3O5S. The molecule has 0 saturated carbocycles. The van der Waals surface area contributed by atoms with Crippen LogP contribution in [0.3, 0.4) is 0 Å². The monoisotopic (exact) mass is 585 g/mol. The average molecular weight is 586 g/mol. The van der Waals surface area contributed by atoms with E-state index in [-0.39, 0.29) is 23.0 Å². The lowest BCUT2D eigenvalue weighted by Crippen LogP contribution is -2.52. The minimum Gasteiger partial charge on any atom is -0.495 e. The highest BCUT2D eigenvalue weighted by atomic mass is 35.5. The molecule has 3 aromatic rings. The summed E-state index contributed by atoms with van der Waals surface area (Å²) in [7, 11) is -2.74. The summed E-state index contributed by atoms with van der Waals surface area (Å²) in [6, 6.07) is 19.2. The first-order valence-corrected chi connectivity index (χ1v) is 15.0. The molecule has 3 rings (SSSR count). The number of anilines is 1. The van der Waals surface area contributed by atoms with E-state index in [1.165, 1.54) is 24.1 Å². The molecule has 1 atom stereocenters. The van der Waals surface area contributed by atoms with Crippen molar-refractivity contribution >= 4 is 39.1 Å². The maximum Gasteiger partial charge on any atom is 0.264 e. The fourth-order valence-corrected chi connectivity index (χ4v) is 5.86. The predicted octanol–water partition coefficient (Wildman–Crippen LogP) is 5.19. The van der Waals surface area contributed by atoms with Crippen molar-refractivity contribution in [2.75, 3.05) is 24.5 Å². The SMILES string of the molecule is CCCNC(=O)[C@H](CC)N(Cc1ccc(Cl)cc1)C(=O)CN(c1cc(C)ccc1OC)S(=O)(=O)c1ccccc1. The van der Waals surface area contributed by atoms with Crippen molar-refractivity contribution in [1.29, 1.82) is 0 Å². The summed E-state index contributed by atoms with van der Waals surface area (Å²) < 4.78 is 34.5. The van der Waals surface area contributed by atoms with Gasteiger partial charge >= 0.3 is 0 Å². The molecule has 8 nitrogen and oxygen atoms in total. The van der Waals surface area contributed by atoms with E-state index in [4.69, 9.17) is 16.3 Å². The lowest BCUT2D eigenvalue weighted by atomic mass is 10.1. The molecule has 0 spiro atoms. The standard InChI is InChI=1S/C30H36ClN3O5S/c1-5-18-32-30(36)26(6-2)33(20-23-13-15-24(31)16-14-23)29(35)21-34(27-19-22(3)12-17-28(27)39-4)40(37,38)25-10-8-7-9-11-25/h7-17,19,26H,5-6,18,20-21H2,1-4H3,(H,32,36)/t26-/m0/s1. The molecule has 3 aromatic carbocycles. The van der Waals surface area contributed by atoms with Crippen LogP contribution in [0.25, 0.3) is 0 Å². The first kappa shape index (κ1) is 31.0. The second-order valence-corrected chi connectivity index (χ2v) is 11.7. The van der Waals surface area contributed by atoms with E-state index < -0.39 is 28.5 Å². The second kappa shape index (κ2) is 14.2. The van der Waals surface area contributed by atoms with Crippen molar-refractivity contribution in [3.05, 3.63) is 88.9 Å². The third-order valence-electron chi connectivity index (χ3n) is 6.41. The number of sulfonamides is 1. The van der Waals surface area contributed by atoms with Crippen molar-refractivity contribution < 1.29 is 22.7 Å². The highest BCUT2D eigenvalue weighted by molar-refractivity contribution is 7.92. The number of halogens is 1. The van der Waals surface area contributed by atoms with E-state index in [1.54, 1.807) is 60.7 Å². The second-order valence-electron chi connectivity index (χ2n) is 9.36. The number of methoxy groups -OCH3 is 1. The van der Waals surface area contributed by atoms with Crippen LogP contribution in [0.15, 0.2) is 77.7 Å². The summed E-state index contributed by atoms with van der Waals surface area (Å²) >= 11 is 6.06. The maximum atomic E-state index is 14.1. The van der Waals surface area contributed by atoms with Crippen molar-refractivity contribution in [3.63, 3.8) is 0 Å². The molecule has 0 aliphatic heterocycles. The Morgan fingerprint density at radius 1 is 1.00 bits per heavy atom. The van der Waals surface area contributed by atoms with Gasteiger partial charge in [-0.1, -0.05) is 61.8 Å². The fourth-order valence-electron chi connectivity index (χ4n) is 4.30. The Labute approximate surface area is 241 Å². The summed E-state index contributed by atoms with van der Waals surface area (Å²) in [6.45, 7) is 5.61. The normalized spacial score (nSPS) is 11.9. The molecule has 0 aliphatic carbocycles. The number of benzene rings is 3. The lowest BCUT2D eigenvalue weighted by Gasteiger charge is -2.33. The van der Waals surface area contributed by atoms with Crippen molar-refractivity contribution in [2.24, 2.45) is 0 Å². The van der Waals surface area contributed by atoms with Gasteiger partial charge in [-0.15, -0.1) is 0 Å². The highest BCUT2D eigenvalue weighted by Gasteiger charge is 2.34. The Kier molecular flexibility index (Phi) is 11.0. The number of aryl methyl sites for hydroxylation is 1. The van der Waals surface area contributed by atoms with Gasteiger partial charge in [0.15, 0.2) is 0 Å². The zero-order valence-corrected chi connectivity index (χ0v) is 24.8. The topological polar surface area (TPSA) is 96.0 Å². The van der Waals surface area contributed by atoms with Gasteiger partial charge in [-0.3, -0.25) is 13.9 Å². The van der Waals surface area contributed by atoms with Crippen molar-refractivity contribution in [1.82, 2.24) is 10.2 Å². The molecule has 40 heavy (non-hydrogen) atoms. The zero-order chi connectivity index (χ0) is 29.3. The lowest BCUT2D eigenvalue weighted by molar-refractivity contribution is -0.140. The molecule has 10 heteroatoms. The largest absolute Gasteiger partial charge is 0.495 e. The zero-order valence-electron chi connectivity index (χ0n) is 23.3. The van der Waals surface area contributed by atoms with Crippen LogP contribution in [0.2, 0.25) is 5.02 Å². The number of carbonyl (C=O) groups is 2. The van der Waals surface area contributed by atoms with Gasteiger partial charge < -0.3 is 15.0 Å². The van der Waals surface area contributed by atoms with Gasteiger partial charge in [0.05, 0.1) is 17.7 Å². The van der Waals surface area contributed by atoms with Gasteiger partial charge in [-0.25, -0.2) is 8.42 Å². The third kappa shape index (κ3) is 7.55. The molecule has 0 aromatic heterocycles. The van der Waals surface area contributed by atoms with Gasteiger partial charge in [0.2, 0.25) is 11.8 Å². The highest BCUT2D eigenvalue weighted by Crippen LogP contribution is 2.33. The molecule has 0 aliphatic rings. The fraction of sp³-hybridized carbons (Fsp3) is 0.333. The summed E-state index contributed by atoms with van der Waals surface area (Å²) in [5.41, 5.74) is 1.78. The Morgan fingerprint density at radius 2 is 1.68 bits per heavy atom. The molecule has 1 N–H and O–H groups in total. The molecular weight excluding hydrogens is 550 g/mol. The van der Waals surface area contributed by atoms with Crippen LogP contribution >= 0.6 is 11.6 Å². The first-order valence-electron chi connectivity index (χ1n) is 13.2. The molecule has 0 fully saturated rings. The maximum absolute atomic E-state index is 14.1. The van der Waals surface area contributed by atoms with Gasteiger partial charge in [0, 0.05) is 18.1 Å². The van der Waals surface area contributed by atoms with Crippen molar-refractivity contribution in [3.8, 4) is 5.75 Å². The van der Waals surface area contributed by atoms with Crippen LogP contribution in [0.4, 0.5) is 5.69 Å². The number of hydrogen-bond acceptors (Lipinski definition) is 5. The summed E-state index contributed by atoms with van der Waals surface area (Å²) in [4.78, 5) is 28.7. The van der Waals surface area contributed by atoms with E-state index >= 15 is 0 Å². The number of nitrogens with zero attached hydrogens (tertiary/aromatic N) is 2. The Balaban J connectivity index is 2.10. The molecule has 0 bridgehead atoms. The molecule has 2 amide bonds. The number of amides is 2. The minimum atomic E-state index is -4.19. The van der Waals surface area contributed by atoms with Gasteiger partial charge in [-0.05, 0) is 67.3 Å². The van der Waals surface area contributed by atoms with Crippen LogP contribution in [0.5, 0.6) is 5.75 Å². The van der Waals surface area contributed by atoms with Crippen LogP contribution in [0.1, 0.15) is 37.8 Å². The quantitative estimate of drug-likeness (QED) is 0.298. The Hall–Kier alpha value is -3.56. The number of carbonyl (C=O) groups excluding carboxylic acids is 2. The van der Waals surface area contributed by atoms with E-state index in [9.17, 15) is 18.0 Å². The van der Waals surface area contributed by atoms with E-state index in [1.807, 2.05) is 20.8 Å². The van der Waals surface area contributed by atoms with Crippen LogP contribution in [0, 0.1) is 6.92 Å². The predicted molar refractivity (Wildman–Crippen MR) is 158 cm³/mol. The smallest absolute Gasteiger partial charge is 0.264 e. The Morgan fingerprint density at radius 3 is 2.27 bits per heavy atom. The first-order chi connectivity index (χ1) is 19.1. The van der Waals surface area contributed by atoms with E-state index in [2.05, 4.69) is 5.32 Å². The summed E-state index contributed by atoms with van der Waals surface area (Å²) in [5.74, 6) is -0.524. The van der Waals surface area contributed by atoms with E-state index in [0.29, 0.717) is 23.7 Å². The minimum absolute atomic E-state index is 0.0309. The third-order valence-corrected chi connectivity index (χ3v) is 8.44. The van der Waals surface area contributed by atoms with Gasteiger partial charge in [0.1, 0.15) is 18.3 Å². The molecule has 0 heterocycles. The molecule has 0 unspecified atom stereocenters. The summed E-state index contributed by atoms with van der Waals surface area (Å²) in [6.07, 6.45) is 1.08. The Bertz CT molecular complexity index is 1400. The van der Waals surface area contributed by atoms with Crippen LogP contribution < -0.4 is 14.4 Å². The van der Waals surface area contributed by atoms with Crippen LogP contribution in [-0.4, -0.2) is 51.4 Å². The van der Waals surface area contributed by atoms with Crippen molar-refractivity contribution in [2.45, 2.75) is 51.1 Å². The number of rotatable bonds is 13. The molecule has 214 valence electrons. The van der Waals surface area contributed by atoms with Crippen LogP contribution in [-0.2, 0) is 26.2 Å². The number of nitrogens with one attached hydrogen (secondary N) is 1. The summed E-state index contributed by atoms with van der Waals surface area (Å²) in [5, 5.41) is 3.42. The molecule has 0 saturated heterocycles. The average Bonchev–Trinajstić information content (AvgIpc) is 2.95. The number of ether oxygens (including phenoxy) is 1. The number of hydrogen-bond donors (Lipinski definition) is 1.